The first-order valence-corrected chi connectivity index (χ1v) is 7.63. The van der Waals surface area contributed by atoms with Crippen LogP contribution in [0.15, 0.2) is 35.7 Å². The van der Waals surface area contributed by atoms with E-state index in [4.69, 9.17) is 5.11 Å². The van der Waals surface area contributed by atoms with Crippen LogP contribution in [0.4, 0.5) is 0 Å². The Balaban J connectivity index is 2.06. The summed E-state index contributed by atoms with van der Waals surface area (Å²) in [5, 5.41) is 13.7. The van der Waals surface area contributed by atoms with Crippen molar-refractivity contribution in [2.24, 2.45) is 0 Å². The van der Waals surface area contributed by atoms with Crippen LogP contribution in [-0.2, 0) is 24.2 Å². The van der Waals surface area contributed by atoms with Crippen LogP contribution in [0.1, 0.15) is 33.3 Å². The normalized spacial score (nSPS) is 10.3. The molecule has 5 heteroatoms. The van der Waals surface area contributed by atoms with Gasteiger partial charge in [-0.25, -0.2) is 0 Å². The van der Waals surface area contributed by atoms with Crippen LogP contribution in [0.3, 0.4) is 0 Å². The van der Waals surface area contributed by atoms with E-state index in [1.165, 1.54) is 11.3 Å². The van der Waals surface area contributed by atoms with Crippen LogP contribution in [-0.4, -0.2) is 17.0 Å². The van der Waals surface area contributed by atoms with Crippen molar-refractivity contribution in [3.8, 4) is 0 Å². The second-order valence-corrected chi connectivity index (χ2v) is 5.57. The van der Waals surface area contributed by atoms with E-state index < -0.39 is 5.97 Å². The van der Waals surface area contributed by atoms with Crippen molar-refractivity contribution in [1.29, 1.82) is 0 Å². The zero-order chi connectivity index (χ0) is 15.2. The van der Waals surface area contributed by atoms with Gasteiger partial charge in [-0.05, 0) is 34.6 Å². The molecular weight excluding hydrogens is 286 g/mol. The first-order chi connectivity index (χ1) is 10.1. The Kier molecular flexibility index (Phi) is 5.11. The van der Waals surface area contributed by atoms with Crippen LogP contribution in [0, 0.1) is 0 Å². The van der Waals surface area contributed by atoms with Crippen molar-refractivity contribution in [3.05, 3.63) is 57.3 Å². The maximum absolute atomic E-state index is 12.2. The summed E-state index contributed by atoms with van der Waals surface area (Å²) >= 11 is 1.43. The lowest BCUT2D eigenvalue weighted by atomic mass is 10.0. The van der Waals surface area contributed by atoms with E-state index in [2.05, 4.69) is 5.32 Å². The summed E-state index contributed by atoms with van der Waals surface area (Å²) in [6, 6.07) is 9.22. The fraction of sp³-hybridized carbons (Fsp3) is 0.250. The number of carboxylic acid groups (broad SMARTS) is 1. The van der Waals surface area contributed by atoms with Gasteiger partial charge in [0, 0.05) is 6.54 Å². The van der Waals surface area contributed by atoms with Crippen molar-refractivity contribution >= 4 is 23.2 Å². The van der Waals surface area contributed by atoms with Crippen molar-refractivity contribution < 1.29 is 14.7 Å². The highest BCUT2D eigenvalue weighted by molar-refractivity contribution is 7.12. The highest BCUT2D eigenvalue weighted by Crippen LogP contribution is 2.17. The van der Waals surface area contributed by atoms with Gasteiger partial charge in [0.05, 0.1) is 11.3 Å². The van der Waals surface area contributed by atoms with Crippen LogP contribution >= 0.6 is 11.3 Å². The lowest BCUT2D eigenvalue weighted by Crippen LogP contribution is -2.23. The van der Waals surface area contributed by atoms with E-state index in [0.717, 1.165) is 28.0 Å². The van der Waals surface area contributed by atoms with Crippen LogP contribution < -0.4 is 5.32 Å². The van der Waals surface area contributed by atoms with Crippen LogP contribution in [0.2, 0.25) is 0 Å². The van der Waals surface area contributed by atoms with Gasteiger partial charge in [-0.3, -0.25) is 9.59 Å². The van der Waals surface area contributed by atoms with Gasteiger partial charge in [-0.15, -0.1) is 11.3 Å². The first kappa shape index (κ1) is 15.3. The number of carboxylic acids is 1. The molecule has 110 valence electrons. The number of nitrogens with one attached hydrogen (secondary N) is 1. The number of rotatable bonds is 6. The first-order valence-electron chi connectivity index (χ1n) is 6.75. The predicted octanol–water partition coefficient (Wildman–Crippen LogP) is 2.87. The molecule has 1 aromatic heterocycles. The van der Waals surface area contributed by atoms with Crippen LogP contribution in [0.5, 0.6) is 0 Å². The van der Waals surface area contributed by atoms with E-state index in [1.807, 2.05) is 30.5 Å². The zero-order valence-electron chi connectivity index (χ0n) is 11.8. The number of benzene rings is 1. The number of hydrogen-bond donors (Lipinski definition) is 2. The Morgan fingerprint density at radius 3 is 2.52 bits per heavy atom. The highest BCUT2D eigenvalue weighted by Gasteiger charge is 2.13. The van der Waals surface area contributed by atoms with Gasteiger partial charge >= 0.3 is 5.97 Å². The Morgan fingerprint density at radius 2 is 1.86 bits per heavy atom. The maximum Gasteiger partial charge on any atom is 0.307 e. The van der Waals surface area contributed by atoms with Gasteiger partial charge in [-0.2, -0.15) is 0 Å². The summed E-state index contributed by atoms with van der Waals surface area (Å²) < 4.78 is 0. The molecule has 0 bridgehead atoms. The number of carbonyl (C=O) groups excluding carboxylic acids is 1. The summed E-state index contributed by atoms with van der Waals surface area (Å²) in [6.45, 7) is 2.35. The molecule has 0 saturated carbocycles. The van der Waals surface area contributed by atoms with Gasteiger partial charge in [0.2, 0.25) is 0 Å². The van der Waals surface area contributed by atoms with E-state index in [-0.39, 0.29) is 12.3 Å². The Hall–Kier alpha value is -2.14. The van der Waals surface area contributed by atoms with Gasteiger partial charge in [0.25, 0.3) is 5.91 Å². The molecule has 0 aliphatic carbocycles. The zero-order valence-corrected chi connectivity index (χ0v) is 12.6. The molecule has 0 atom stereocenters. The summed E-state index contributed by atoms with van der Waals surface area (Å²) in [5.74, 6) is -0.979. The third-order valence-corrected chi connectivity index (χ3v) is 4.19. The molecule has 2 aromatic rings. The Bertz CT molecular complexity index is 648. The fourth-order valence-corrected chi connectivity index (χ4v) is 3.05. The Labute approximate surface area is 127 Å². The number of hydrogen-bond acceptors (Lipinski definition) is 3. The molecule has 0 radical (unpaired) electrons. The van der Waals surface area contributed by atoms with E-state index in [1.54, 1.807) is 12.1 Å². The maximum atomic E-state index is 12.2. The molecule has 0 saturated heterocycles. The molecular formula is C16H17NO3S. The second kappa shape index (κ2) is 7.04. The number of thiophene rings is 1. The second-order valence-electron chi connectivity index (χ2n) is 4.65. The highest BCUT2D eigenvalue weighted by atomic mass is 32.1. The molecule has 1 amide bonds. The predicted molar refractivity (Wildman–Crippen MR) is 82.6 cm³/mol. The molecule has 1 aromatic carbocycles. The average molecular weight is 303 g/mol. The van der Waals surface area contributed by atoms with Crippen molar-refractivity contribution in [3.63, 3.8) is 0 Å². The molecule has 0 fully saturated rings. The topological polar surface area (TPSA) is 66.4 Å². The molecule has 4 nitrogen and oxygen atoms in total. The standard InChI is InChI=1S/C16H17NO3S/c1-2-11-7-8-21-15(11)16(20)17-10-13-6-4-3-5-12(13)9-14(18)19/h3-8H,2,9-10H2,1H3,(H,17,20)(H,18,19). The lowest BCUT2D eigenvalue weighted by Gasteiger charge is -2.09. The van der Waals surface area contributed by atoms with Gasteiger partial charge in [0.15, 0.2) is 0 Å². The number of aliphatic carboxylic acids is 1. The number of aryl methyl sites for hydroxylation is 1. The molecule has 0 aliphatic heterocycles. The molecule has 1 heterocycles. The van der Waals surface area contributed by atoms with Crippen LogP contribution in [0.25, 0.3) is 0 Å². The third-order valence-electron chi connectivity index (χ3n) is 3.23. The van der Waals surface area contributed by atoms with Crippen molar-refractivity contribution in [1.82, 2.24) is 5.32 Å². The Morgan fingerprint density at radius 1 is 1.14 bits per heavy atom. The molecule has 0 spiro atoms. The summed E-state index contributed by atoms with van der Waals surface area (Å²) in [4.78, 5) is 23.7. The summed E-state index contributed by atoms with van der Waals surface area (Å²) in [5.41, 5.74) is 2.60. The molecule has 2 rings (SSSR count). The minimum absolute atomic E-state index is 0.0365. The van der Waals surface area contributed by atoms with Gasteiger partial charge < -0.3 is 10.4 Å². The molecule has 21 heavy (non-hydrogen) atoms. The third kappa shape index (κ3) is 3.92. The minimum atomic E-state index is -0.875. The van der Waals surface area contributed by atoms with Crippen molar-refractivity contribution in [2.45, 2.75) is 26.3 Å². The minimum Gasteiger partial charge on any atom is -0.481 e. The lowest BCUT2D eigenvalue weighted by molar-refractivity contribution is -0.136. The van der Waals surface area contributed by atoms with E-state index in [9.17, 15) is 9.59 Å². The molecule has 2 N–H and O–H groups in total. The van der Waals surface area contributed by atoms with E-state index in [0.29, 0.717) is 6.54 Å². The molecule has 0 unspecified atom stereocenters. The van der Waals surface area contributed by atoms with E-state index >= 15 is 0 Å². The molecule has 0 aliphatic rings. The monoisotopic (exact) mass is 303 g/mol. The average Bonchev–Trinajstić information content (AvgIpc) is 2.94. The fourth-order valence-electron chi connectivity index (χ4n) is 2.13. The summed E-state index contributed by atoms with van der Waals surface area (Å²) in [6.07, 6.45) is 0.785. The number of amides is 1. The largest absolute Gasteiger partial charge is 0.481 e. The van der Waals surface area contributed by atoms with Gasteiger partial charge in [-0.1, -0.05) is 31.2 Å². The smallest absolute Gasteiger partial charge is 0.307 e. The number of carbonyl (C=O) groups is 2. The SMILES string of the molecule is CCc1ccsc1C(=O)NCc1ccccc1CC(=O)O. The van der Waals surface area contributed by atoms with Gasteiger partial charge in [0.1, 0.15) is 0 Å². The van der Waals surface area contributed by atoms with Crippen molar-refractivity contribution in [2.75, 3.05) is 0 Å². The quantitative estimate of drug-likeness (QED) is 0.862. The summed E-state index contributed by atoms with van der Waals surface area (Å²) in [7, 11) is 0.